The molecule has 1 aromatic heterocycles. The summed E-state index contributed by atoms with van der Waals surface area (Å²) in [6, 6.07) is 10.4. The standard InChI is InChI=1S/C14H16N2S2/c1-10-5-6-12(14(15)17)13(8-10)16(2)9-11-4-3-7-18-11/h3-8H,9H2,1-2H3,(H2,15,17). The normalized spacial score (nSPS) is 10.3. The molecule has 0 spiro atoms. The fraction of sp³-hybridized carbons (Fsp3) is 0.214. The van der Waals surface area contributed by atoms with Gasteiger partial charge in [-0.3, -0.25) is 0 Å². The fourth-order valence-electron chi connectivity index (χ4n) is 1.89. The van der Waals surface area contributed by atoms with Gasteiger partial charge in [0.05, 0.1) is 6.54 Å². The molecule has 4 heteroatoms. The Morgan fingerprint density at radius 2 is 2.17 bits per heavy atom. The second kappa shape index (κ2) is 5.50. The zero-order valence-corrected chi connectivity index (χ0v) is 12.1. The second-order valence-electron chi connectivity index (χ2n) is 4.32. The molecule has 0 unspecified atom stereocenters. The Morgan fingerprint density at radius 3 is 2.78 bits per heavy atom. The molecule has 0 aliphatic rings. The minimum atomic E-state index is 0.447. The molecule has 0 atom stereocenters. The summed E-state index contributed by atoms with van der Waals surface area (Å²) in [4.78, 5) is 3.96. The maximum Gasteiger partial charge on any atom is 0.106 e. The smallest absolute Gasteiger partial charge is 0.106 e. The van der Waals surface area contributed by atoms with Crippen LogP contribution in [0, 0.1) is 6.92 Å². The van der Waals surface area contributed by atoms with Crippen LogP contribution in [0.3, 0.4) is 0 Å². The van der Waals surface area contributed by atoms with Gasteiger partial charge >= 0.3 is 0 Å². The molecule has 0 aliphatic carbocycles. The molecule has 0 fully saturated rings. The molecule has 0 saturated heterocycles. The Bertz CT molecular complexity index is 547. The molecule has 2 rings (SSSR count). The monoisotopic (exact) mass is 276 g/mol. The van der Waals surface area contributed by atoms with E-state index in [0.717, 1.165) is 17.8 Å². The van der Waals surface area contributed by atoms with Crippen LogP contribution in [-0.4, -0.2) is 12.0 Å². The topological polar surface area (TPSA) is 29.3 Å². The highest BCUT2D eigenvalue weighted by Gasteiger charge is 2.10. The number of thiophene rings is 1. The number of hydrogen-bond acceptors (Lipinski definition) is 3. The summed E-state index contributed by atoms with van der Waals surface area (Å²) in [5.41, 5.74) is 9.03. The van der Waals surface area contributed by atoms with Gasteiger partial charge in [-0.25, -0.2) is 0 Å². The molecule has 0 amide bonds. The van der Waals surface area contributed by atoms with E-state index in [4.69, 9.17) is 18.0 Å². The van der Waals surface area contributed by atoms with Gasteiger partial charge in [-0.15, -0.1) is 11.3 Å². The molecule has 94 valence electrons. The van der Waals surface area contributed by atoms with Gasteiger partial charge in [0.2, 0.25) is 0 Å². The molecule has 1 heterocycles. The Balaban J connectivity index is 2.31. The van der Waals surface area contributed by atoms with Crippen LogP contribution in [0.5, 0.6) is 0 Å². The number of hydrogen-bond donors (Lipinski definition) is 1. The van der Waals surface area contributed by atoms with Gasteiger partial charge in [-0.1, -0.05) is 24.4 Å². The predicted molar refractivity (Wildman–Crippen MR) is 83.5 cm³/mol. The summed E-state index contributed by atoms with van der Waals surface area (Å²) in [7, 11) is 2.07. The first-order chi connectivity index (χ1) is 8.58. The van der Waals surface area contributed by atoms with E-state index in [1.54, 1.807) is 11.3 Å². The number of thiocarbonyl (C=S) groups is 1. The van der Waals surface area contributed by atoms with Crippen molar-refractivity contribution in [1.29, 1.82) is 0 Å². The van der Waals surface area contributed by atoms with Crippen molar-refractivity contribution >= 4 is 34.2 Å². The van der Waals surface area contributed by atoms with Gasteiger partial charge < -0.3 is 10.6 Å². The van der Waals surface area contributed by atoms with E-state index >= 15 is 0 Å². The van der Waals surface area contributed by atoms with Crippen molar-refractivity contribution in [2.45, 2.75) is 13.5 Å². The Hall–Kier alpha value is -1.39. The minimum Gasteiger partial charge on any atom is -0.389 e. The van der Waals surface area contributed by atoms with Crippen LogP contribution in [0.2, 0.25) is 0 Å². The predicted octanol–water partition coefficient (Wildman–Crippen LogP) is 3.33. The van der Waals surface area contributed by atoms with Crippen molar-refractivity contribution in [3.05, 3.63) is 51.7 Å². The lowest BCUT2D eigenvalue weighted by Gasteiger charge is -2.22. The molecule has 0 aliphatic heterocycles. The van der Waals surface area contributed by atoms with E-state index in [9.17, 15) is 0 Å². The van der Waals surface area contributed by atoms with E-state index < -0.39 is 0 Å². The minimum absolute atomic E-state index is 0.447. The van der Waals surface area contributed by atoms with Gasteiger partial charge in [0.25, 0.3) is 0 Å². The number of nitrogens with two attached hydrogens (primary N) is 1. The first-order valence-corrected chi connectivity index (χ1v) is 7.00. The van der Waals surface area contributed by atoms with Crippen LogP contribution >= 0.6 is 23.6 Å². The van der Waals surface area contributed by atoms with Crippen LogP contribution in [0.15, 0.2) is 35.7 Å². The van der Waals surface area contributed by atoms with Crippen LogP contribution in [0.25, 0.3) is 0 Å². The molecule has 0 bridgehead atoms. The molecule has 2 aromatic rings. The SMILES string of the molecule is Cc1ccc(C(N)=S)c(N(C)Cc2cccs2)c1. The Labute approximate surface area is 117 Å². The average molecular weight is 276 g/mol. The molecule has 18 heavy (non-hydrogen) atoms. The van der Waals surface area contributed by atoms with Crippen LogP contribution < -0.4 is 10.6 Å². The molecule has 1 aromatic carbocycles. The van der Waals surface area contributed by atoms with Gasteiger partial charge in [-0.05, 0) is 36.1 Å². The van der Waals surface area contributed by atoms with Crippen molar-refractivity contribution in [3.63, 3.8) is 0 Å². The molecule has 0 radical (unpaired) electrons. The second-order valence-corrected chi connectivity index (χ2v) is 5.79. The van der Waals surface area contributed by atoms with E-state index in [1.165, 1.54) is 10.4 Å². The third-order valence-corrected chi connectivity index (χ3v) is 3.88. The summed E-state index contributed by atoms with van der Waals surface area (Å²) < 4.78 is 0. The summed E-state index contributed by atoms with van der Waals surface area (Å²) in [5, 5.41) is 2.09. The number of rotatable bonds is 4. The molecule has 2 nitrogen and oxygen atoms in total. The summed E-state index contributed by atoms with van der Waals surface area (Å²) in [6.07, 6.45) is 0. The number of anilines is 1. The molecular formula is C14H16N2S2. The summed E-state index contributed by atoms with van der Waals surface area (Å²) in [5.74, 6) is 0. The highest BCUT2D eigenvalue weighted by atomic mass is 32.1. The van der Waals surface area contributed by atoms with Crippen molar-refractivity contribution in [2.75, 3.05) is 11.9 Å². The number of benzene rings is 1. The zero-order valence-electron chi connectivity index (χ0n) is 10.5. The highest BCUT2D eigenvalue weighted by Crippen LogP contribution is 2.24. The van der Waals surface area contributed by atoms with Gasteiger partial charge in [-0.2, -0.15) is 0 Å². The lowest BCUT2D eigenvalue weighted by Crippen LogP contribution is -2.21. The summed E-state index contributed by atoms with van der Waals surface area (Å²) >= 11 is 6.87. The van der Waals surface area contributed by atoms with Crippen molar-refractivity contribution in [2.24, 2.45) is 5.73 Å². The highest BCUT2D eigenvalue weighted by molar-refractivity contribution is 7.80. The third-order valence-electron chi connectivity index (χ3n) is 2.80. The fourth-order valence-corrected chi connectivity index (χ4v) is 2.82. The third kappa shape index (κ3) is 2.89. The van der Waals surface area contributed by atoms with Crippen molar-refractivity contribution < 1.29 is 0 Å². The van der Waals surface area contributed by atoms with Crippen LogP contribution in [0.1, 0.15) is 16.0 Å². The lowest BCUT2D eigenvalue weighted by atomic mass is 10.1. The number of nitrogens with zero attached hydrogens (tertiary/aromatic N) is 1. The Kier molecular flexibility index (Phi) is 3.99. The van der Waals surface area contributed by atoms with Gasteiger partial charge in [0.1, 0.15) is 4.99 Å². The zero-order chi connectivity index (χ0) is 13.1. The molecule has 2 N–H and O–H groups in total. The quantitative estimate of drug-likeness (QED) is 0.869. The first kappa shape index (κ1) is 13.1. The van der Waals surface area contributed by atoms with E-state index in [-0.39, 0.29) is 0 Å². The Morgan fingerprint density at radius 1 is 1.39 bits per heavy atom. The van der Waals surface area contributed by atoms with Gasteiger partial charge in [0.15, 0.2) is 0 Å². The first-order valence-electron chi connectivity index (χ1n) is 5.72. The van der Waals surface area contributed by atoms with Gasteiger partial charge in [0, 0.05) is 23.2 Å². The molecular weight excluding hydrogens is 260 g/mol. The maximum absolute atomic E-state index is 5.78. The maximum atomic E-state index is 5.78. The van der Waals surface area contributed by atoms with E-state index in [2.05, 4.69) is 42.5 Å². The average Bonchev–Trinajstić information content (AvgIpc) is 2.81. The van der Waals surface area contributed by atoms with E-state index in [0.29, 0.717) is 4.99 Å². The largest absolute Gasteiger partial charge is 0.389 e. The summed E-state index contributed by atoms with van der Waals surface area (Å²) in [6.45, 7) is 2.95. The number of aryl methyl sites for hydroxylation is 1. The lowest BCUT2D eigenvalue weighted by molar-refractivity contribution is 0.937. The van der Waals surface area contributed by atoms with Crippen LogP contribution in [-0.2, 0) is 6.54 Å². The van der Waals surface area contributed by atoms with Crippen LogP contribution in [0.4, 0.5) is 5.69 Å². The van der Waals surface area contributed by atoms with E-state index in [1.807, 2.05) is 12.1 Å². The van der Waals surface area contributed by atoms with Crippen molar-refractivity contribution in [3.8, 4) is 0 Å². The van der Waals surface area contributed by atoms with Crippen molar-refractivity contribution in [1.82, 2.24) is 0 Å². The molecule has 0 saturated carbocycles.